The molecule has 0 rings (SSSR count). The predicted octanol–water partition coefficient (Wildman–Crippen LogP) is 1.52. The smallest absolute Gasteiger partial charge is 0.149 e. The minimum atomic E-state index is 0.173. The number of carbonyl (C=O) groups excluding carboxylic acids is 1. The number of rotatable bonds is 3. The lowest BCUT2D eigenvalue weighted by molar-refractivity contribution is -0.104. The fraction of sp³-hybridized carbons (Fsp3) is 0. The van der Waals surface area contributed by atoms with Crippen LogP contribution in [0.2, 0.25) is 0 Å². The lowest BCUT2D eigenvalue weighted by Gasteiger charge is -1.84. The summed E-state index contributed by atoms with van der Waals surface area (Å²) in [6.07, 6.45) is 1.93. The fourth-order valence-electron chi connectivity index (χ4n) is 0.233. The van der Waals surface area contributed by atoms with Gasteiger partial charge < -0.3 is 0 Å². The van der Waals surface area contributed by atoms with E-state index in [1.165, 1.54) is 6.08 Å². The molecule has 0 saturated heterocycles. The van der Waals surface area contributed by atoms with Crippen LogP contribution in [0.4, 0.5) is 0 Å². The lowest BCUT2D eigenvalue weighted by atomic mass is 10.3. The van der Waals surface area contributed by atoms with Gasteiger partial charge in [-0.15, -0.1) is 0 Å². The van der Waals surface area contributed by atoms with E-state index < -0.39 is 0 Å². The molecular formula is C6H6ClNO. The van der Waals surface area contributed by atoms with Crippen molar-refractivity contribution in [2.24, 2.45) is 4.99 Å². The highest BCUT2D eigenvalue weighted by Gasteiger charge is 1.86. The number of hydrogen-bond donors (Lipinski definition) is 0. The van der Waals surface area contributed by atoms with Crippen LogP contribution in [-0.4, -0.2) is 13.0 Å². The van der Waals surface area contributed by atoms with Crippen molar-refractivity contribution in [3.63, 3.8) is 0 Å². The van der Waals surface area contributed by atoms with Crippen LogP contribution in [0.3, 0.4) is 0 Å². The second kappa shape index (κ2) is 4.04. The molecule has 0 bridgehead atoms. The molecule has 2 nitrogen and oxygen atoms in total. The molecule has 0 spiro atoms. The van der Waals surface area contributed by atoms with Crippen LogP contribution < -0.4 is 0 Å². The Morgan fingerprint density at radius 2 is 2.22 bits per heavy atom. The third kappa shape index (κ3) is 3.67. The van der Waals surface area contributed by atoms with Gasteiger partial charge >= 0.3 is 0 Å². The number of aliphatic imine (C=N–C) groups is 1. The molecule has 0 radical (unpaired) electrons. The van der Waals surface area contributed by atoms with Gasteiger partial charge in [0.05, 0.1) is 0 Å². The molecule has 0 fully saturated rings. The summed E-state index contributed by atoms with van der Waals surface area (Å²) in [6.45, 7) is 6.49. The SMILES string of the molecule is C=N/C(Cl)=C\C(=C)C=O. The van der Waals surface area contributed by atoms with Gasteiger partial charge in [0.2, 0.25) is 0 Å². The first-order chi connectivity index (χ1) is 4.20. The van der Waals surface area contributed by atoms with Crippen LogP contribution >= 0.6 is 11.6 Å². The summed E-state index contributed by atoms with van der Waals surface area (Å²) < 4.78 is 0. The molecule has 0 unspecified atom stereocenters. The Bertz CT molecular complexity index is 172. The van der Waals surface area contributed by atoms with Gasteiger partial charge in [-0.3, -0.25) is 9.79 Å². The summed E-state index contributed by atoms with van der Waals surface area (Å²) >= 11 is 5.35. The molecule has 0 aromatic rings. The molecule has 0 aliphatic rings. The molecule has 0 aliphatic carbocycles. The van der Waals surface area contributed by atoms with Gasteiger partial charge in [-0.05, 0) is 12.8 Å². The molecule has 48 valence electrons. The lowest BCUT2D eigenvalue weighted by Crippen LogP contribution is -1.74. The quantitative estimate of drug-likeness (QED) is 0.194. The Labute approximate surface area is 58.5 Å². The van der Waals surface area contributed by atoms with Crippen molar-refractivity contribution in [2.75, 3.05) is 0 Å². The van der Waals surface area contributed by atoms with Crippen LogP contribution in [0.5, 0.6) is 0 Å². The average molecular weight is 144 g/mol. The number of aldehydes is 1. The first-order valence-corrected chi connectivity index (χ1v) is 2.56. The van der Waals surface area contributed by atoms with E-state index in [1.807, 2.05) is 0 Å². The van der Waals surface area contributed by atoms with Gasteiger partial charge in [0, 0.05) is 5.57 Å². The fourth-order valence-corrected chi connectivity index (χ4v) is 0.373. The van der Waals surface area contributed by atoms with Gasteiger partial charge in [-0.25, -0.2) is 0 Å². The van der Waals surface area contributed by atoms with E-state index in [2.05, 4.69) is 18.3 Å². The molecule has 0 saturated carbocycles. The Hall–Kier alpha value is -0.890. The van der Waals surface area contributed by atoms with Crippen LogP contribution in [0.1, 0.15) is 0 Å². The number of carbonyl (C=O) groups is 1. The van der Waals surface area contributed by atoms with Crippen molar-refractivity contribution < 1.29 is 4.79 Å². The third-order valence-corrected chi connectivity index (χ3v) is 0.836. The topological polar surface area (TPSA) is 29.4 Å². The monoisotopic (exact) mass is 143 g/mol. The molecule has 0 aliphatic heterocycles. The maximum Gasteiger partial charge on any atom is 0.149 e. The number of hydrogen-bond acceptors (Lipinski definition) is 2. The van der Waals surface area contributed by atoms with E-state index in [0.717, 1.165) is 0 Å². The van der Waals surface area contributed by atoms with E-state index in [9.17, 15) is 4.79 Å². The maximum atomic E-state index is 9.89. The zero-order chi connectivity index (χ0) is 7.28. The summed E-state index contributed by atoms with van der Waals surface area (Å²) in [7, 11) is 0. The summed E-state index contributed by atoms with van der Waals surface area (Å²) in [5.41, 5.74) is 0.285. The van der Waals surface area contributed by atoms with Gasteiger partial charge in [-0.2, -0.15) is 0 Å². The van der Waals surface area contributed by atoms with Crippen molar-refractivity contribution in [1.29, 1.82) is 0 Å². The van der Waals surface area contributed by atoms with E-state index in [0.29, 0.717) is 6.29 Å². The first kappa shape index (κ1) is 8.11. The Balaban J connectivity index is 4.10. The molecule has 0 aromatic heterocycles. The highest BCUT2D eigenvalue weighted by atomic mass is 35.5. The van der Waals surface area contributed by atoms with Crippen molar-refractivity contribution in [3.05, 3.63) is 23.4 Å². The molecule has 0 atom stereocenters. The normalized spacial score (nSPS) is 10.6. The van der Waals surface area contributed by atoms with Gasteiger partial charge in [0.25, 0.3) is 0 Å². The van der Waals surface area contributed by atoms with Gasteiger partial charge in [0.15, 0.2) is 0 Å². The van der Waals surface area contributed by atoms with E-state index >= 15 is 0 Å². The highest BCUT2D eigenvalue weighted by Crippen LogP contribution is 2.03. The van der Waals surface area contributed by atoms with Crippen molar-refractivity contribution in [3.8, 4) is 0 Å². The first-order valence-electron chi connectivity index (χ1n) is 2.18. The third-order valence-electron chi connectivity index (χ3n) is 0.607. The molecule has 0 amide bonds. The number of halogens is 1. The molecule has 0 aromatic carbocycles. The molecular weight excluding hydrogens is 138 g/mol. The molecule has 0 heterocycles. The van der Waals surface area contributed by atoms with Crippen LogP contribution in [-0.2, 0) is 4.79 Å². The van der Waals surface area contributed by atoms with Crippen LogP contribution in [0, 0.1) is 0 Å². The van der Waals surface area contributed by atoms with Crippen molar-refractivity contribution >= 4 is 24.6 Å². The Morgan fingerprint density at radius 1 is 1.67 bits per heavy atom. The number of allylic oxidation sites excluding steroid dienone is 2. The van der Waals surface area contributed by atoms with Gasteiger partial charge in [-0.1, -0.05) is 18.2 Å². The largest absolute Gasteiger partial charge is 0.298 e. The second-order valence-electron chi connectivity index (χ2n) is 1.32. The van der Waals surface area contributed by atoms with Crippen LogP contribution in [0.15, 0.2) is 28.4 Å². The molecule has 9 heavy (non-hydrogen) atoms. The Kier molecular flexibility index (Phi) is 3.64. The zero-order valence-corrected chi connectivity index (χ0v) is 5.56. The minimum Gasteiger partial charge on any atom is -0.298 e. The summed E-state index contributed by atoms with van der Waals surface area (Å²) in [4.78, 5) is 13.2. The predicted molar refractivity (Wildman–Crippen MR) is 38.7 cm³/mol. The second-order valence-corrected chi connectivity index (χ2v) is 1.71. The molecule has 0 N–H and O–H groups in total. The van der Waals surface area contributed by atoms with Crippen LogP contribution in [0.25, 0.3) is 0 Å². The van der Waals surface area contributed by atoms with Gasteiger partial charge in [0.1, 0.15) is 11.4 Å². The van der Waals surface area contributed by atoms with Crippen molar-refractivity contribution in [1.82, 2.24) is 0 Å². The highest BCUT2D eigenvalue weighted by molar-refractivity contribution is 6.30. The summed E-state index contributed by atoms with van der Waals surface area (Å²) in [6, 6.07) is 0. The van der Waals surface area contributed by atoms with E-state index in [4.69, 9.17) is 11.6 Å². The van der Waals surface area contributed by atoms with E-state index in [1.54, 1.807) is 0 Å². The zero-order valence-electron chi connectivity index (χ0n) is 4.80. The minimum absolute atomic E-state index is 0.173. The van der Waals surface area contributed by atoms with Crippen molar-refractivity contribution in [2.45, 2.75) is 0 Å². The standard InChI is InChI=1S/C6H6ClNO/c1-5(4-9)3-6(7)8-2/h3-4H,1-2H2/b6-3-. The number of nitrogens with zero attached hydrogens (tertiary/aromatic N) is 1. The maximum absolute atomic E-state index is 9.89. The van der Waals surface area contributed by atoms with E-state index in [-0.39, 0.29) is 10.7 Å². The average Bonchev–Trinajstić information content (AvgIpc) is 1.87. The summed E-state index contributed by atoms with van der Waals surface area (Å²) in [5.74, 6) is 0. The molecule has 3 heteroatoms. The Morgan fingerprint density at radius 3 is 2.56 bits per heavy atom. The summed E-state index contributed by atoms with van der Waals surface area (Å²) in [5, 5.41) is 0.173.